The van der Waals surface area contributed by atoms with E-state index < -0.39 is 0 Å². The van der Waals surface area contributed by atoms with Crippen LogP contribution in [0.2, 0.25) is 0 Å². The van der Waals surface area contributed by atoms with Crippen molar-refractivity contribution in [2.45, 2.75) is 19.9 Å². The number of benzene rings is 1. The minimum Gasteiger partial charge on any atom is -0.492 e. The van der Waals surface area contributed by atoms with Crippen LogP contribution in [0.5, 0.6) is 5.75 Å². The zero-order chi connectivity index (χ0) is 18.8. The number of hydrogen-bond acceptors (Lipinski definition) is 5. The highest BCUT2D eigenvalue weighted by Gasteiger charge is 2.13. The fraction of sp³-hybridized carbons (Fsp3) is 0.526. The average molecular weight is 366 g/mol. The first-order valence-electron chi connectivity index (χ1n) is 8.52. The summed E-state index contributed by atoms with van der Waals surface area (Å²) in [5, 5.41) is 3.41. The second-order valence-electron chi connectivity index (χ2n) is 6.17. The third kappa shape index (κ3) is 7.84. The second kappa shape index (κ2) is 11.1. The first-order chi connectivity index (χ1) is 11.9. The van der Waals surface area contributed by atoms with Gasteiger partial charge in [0, 0.05) is 37.9 Å². The molecule has 0 fully saturated rings. The highest BCUT2D eigenvalue weighted by molar-refractivity contribution is 8.03. The number of amides is 1. The van der Waals surface area contributed by atoms with Crippen LogP contribution in [0.25, 0.3) is 0 Å². The third-order valence-electron chi connectivity index (χ3n) is 3.69. The Morgan fingerprint density at radius 1 is 1.36 bits per heavy atom. The van der Waals surface area contributed by atoms with Gasteiger partial charge in [-0.15, -0.1) is 11.8 Å². The zero-order valence-electron chi connectivity index (χ0n) is 16.2. The van der Waals surface area contributed by atoms with Crippen molar-refractivity contribution < 1.29 is 9.53 Å². The van der Waals surface area contributed by atoms with Gasteiger partial charge in [-0.25, -0.2) is 0 Å². The SMILES string of the molecule is CCN(C)C(=O)C(=CC(C)Nc1cccc(OCCN(C)C)c1)SC. The lowest BCUT2D eigenvalue weighted by Crippen LogP contribution is -2.27. The molecule has 0 saturated heterocycles. The number of nitrogens with one attached hydrogen (secondary N) is 1. The van der Waals surface area contributed by atoms with E-state index in [4.69, 9.17) is 4.74 Å². The molecule has 0 heterocycles. The Balaban J connectivity index is 2.70. The van der Waals surface area contributed by atoms with Gasteiger partial charge in [-0.2, -0.15) is 0 Å². The molecule has 0 aromatic heterocycles. The Morgan fingerprint density at radius 2 is 2.08 bits per heavy atom. The summed E-state index contributed by atoms with van der Waals surface area (Å²) in [6, 6.07) is 7.94. The third-order valence-corrected chi connectivity index (χ3v) is 4.44. The number of thioether (sulfide) groups is 1. The van der Waals surface area contributed by atoms with Gasteiger partial charge in [0.2, 0.25) is 0 Å². The predicted molar refractivity (Wildman–Crippen MR) is 108 cm³/mol. The maximum absolute atomic E-state index is 12.3. The number of ether oxygens (including phenoxy) is 1. The Bertz CT molecular complexity index is 576. The first kappa shape index (κ1) is 21.4. The van der Waals surface area contributed by atoms with Crippen LogP contribution in [0.3, 0.4) is 0 Å². The molecule has 1 aromatic rings. The Hall–Kier alpha value is -1.66. The van der Waals surface area contributed by atoms with Crippen molar-refractivity contribution in [1.29, 1.82) is 0 Å². The van der Waals surface area contributed by atoms with Crippen LogP contribution in [0.15, 0.2) is 35.2 Å². The topological polar surface area (TPSA) is 44.8 Å². The summed E-state index contributed by atoms with van der Waals surface area (Å²) < 4.78 is 5.76. The van der Waals surface area contributed by atoms with E-state index in [0.29, 0.717) is 13.2 Å². The van der Waals surface area contributed by atoms with Crippen LogP contribution in [-0.4, -0.2) is 68.8 Å². The van der Waals surface area contributed by atoms with E-state index in [9.17, 15) is 4.79 Å². The van der Waals surface area contributed by atoms with E-state index in [1.165, 1.54) is 11.8 Å². The second-order valence-corrected chi connectivity index (χ2v) is 7.02. The monoisotopic (exact) mass is 365 g/mol. The molecular weight excluding hydrogens is 334 g/mol. The molecule has 5 nitrogen and oxygen atoms in total. The van der Waals surface area contributed by atoms with E-state index in [0.717, 1.165) is 22.9 Å². The summed E-state index contributed by atoms with van der Waals surface area (Å²) in [6.45, 7) is 6.24. The molecule has 1 aromatic carbocycles. The molecule has 0 bridgehead atoms. The predicted octanol–water partition coefficient (Wildman–Crippen LogP) is 3.15. The fourth-order valence-corrected chi connectivity index (χ4v) is 2.78. The van der Waals surface area contributed by atoms with Gasteiger partial charge in [0.1, 0.15) is 12.4 Å². The highest BCUT2D eigenvalue weighted by atomic mass is 32.2. The van der Waals surface area contributed by atoms with Crippen LogP contribution < -0.4 is 10.1 Å². The van der Waals surface area contributed by atoms with Gasteiger partial charge >= 0.3 is 0 Å². The molecule has 0 spiro atoms. The normalized spacial score (nSPS) is 12.8. The van der Waals surface area contributed by atoms with Crippen molar-refractivity contribution >= 4 is 23.4 Å². The Labute approximate surface area is 156 Å². The molecule has 0 aliphatic carbocycles. The number of carbonyl (C=O) groups excluding carboxylic acids is 1. The van der Waals surface area contributed by atoms with Crippen molar-refractivity contribution in [2.75, 3.05) is 52.4 Å². The standard InChI is InChI=1S/C19H31N3O2S/c1-7-22(5)19(23)18(25-6)13-15(2)20-16-9-8-10-17(14-16)24-12-11-21(3)4/h8-10,13-15,20H,7,11-12H2,1-6H3. The molecule has 1 amide bonds. The number of rotatable bonds is 10. The number of anilines is 1. The number of hydrogen-bond donors (Lipinski definition) is 1. The largest absolute Gasteiger partial charge is 0.492 e. The molecule has 1 unspecified atom stereocenters. The fourth-order valence-electron chi connectivity index (χ4n) is 2.11. The summed E-state index contributed by atoms with van der Waals surface area (Å²) in [5.41, 5.74) is 0.975. The zero-order valence-corrected chi connectivity index (χ0v) is 17.0. The van der Waals surface area contributed by atoms with Crippen LogP contribution >= 0.6 is 11.8 Å². The van der Waals surface area contributed by atoms with Crippen molar-refractivity contribution in [3.05, 3.63) is 35.2 Å². The number of likely N-dealkylation sites (N-methyl/N-ethyl adjacent to an activating group) is 2. The number of carbonyl (C=O) groups is 1. The summed E-state index contributed by atoms with van der Waals surface area (Å²) in [4.78, 5) is 16.9. The van der Waals surface area contributed by atoms with E-state index in [1.54, 1.807) is 4.90 Å². The van der Waals surface area contributed by atoms with E-state index in [-0.39, 0.29) is 11.9 Å². The van der Waals surface area contributed by atoms with Crippen LogP contribution in [0, 0.1) is 0 Å². The molecule has 6 heteroatoms. The number of nitrogens with zero attached hydrogens (tertiary/aromatic N) is 2. The molecule has 1 rings (SSSR count). The summed E-state index contributed by atoms with van der Waals surface area (Å²) >= 11 is 1.48. The Morgan fingerprint density at radius 3 is 2.68 bits per heavy atom. The smallest absolute Gasteiger partial charge is 0.259 e. The van der Waals surface area contributed by atoms with Gasteiger partial charge in [-0.3, -0.25) is 4.79 Å². The van der Waals surface area contributed by atoms with E-state index in [1.807, 2.05) is 71.6 Å². The summed E-state index contributed by atoms with van der Waals surface area (Å²) in [5.74, 6) is 0.902. The molecule has 0 aliphatic heterocycles. The van der Waals surface area contributed by atoms with E-state index >= 15 is 0 Å². The van der Waals surface area contributed by atoms with Gasteiger partial charge in [-0.1, -0.05) is 6.07 Å². The van der Waals surface area contributed by atoms with Gasteiger partial charge in [0.25, 0.3) is 5.91 Å². The lowest BCUT2D eigenvalue weighted by molar-refractivity contribution is -0.124. The van der Waals surface area contributed by atoms with Crippen LogP contribution in [0.4, 0.5) is 5.69 Å². The lowest BCUT2D eigenvalue weighted by Gasteiger charge is -2.18. The maximum Gasteiger partial charge on any atom is 0.259 e. The van der Waals surface area contributed by atoms with Gasteiger partial charge < -0.3 is 19.9 Å². The molecule has 0 radical (unpaired) electrons. The van der Waals surface area contributed by atoms with Crippen LogP contribution in [0.1, 0.15) is 13.8 Å². The highest BCUT2D eigenvalue weighted by Crippen LogP contribution is 2.20. The average Bonchev–Trinajstić information content (AvgIpc) is 2.58. The molecule has 1 N–H and O–H groups in total. The minimum absolute atomic E-state index is 0.0358. The maximum atomic E-state index is 12.3. The molecule has 0 saturated carbocycles. The van der Waals surface area contributed by atoms with Crippen molar-refractivity contribution in [1.82, 2.24) is 9.80 Å². The van der Waals surface area contributed by atoms with Gasteiger partial charge in [0.05, 0.1) is 4.91 Å². The first-order valence-corrected chi connectivity index (χ1v) is 9.75. The summed E-state index contributed by atoms with van der Waals surface area (Å²) in [6.07, 6.45) is 3.90. The summed E-state index contributed by atoms with van der Waals surface area (Å²) in [7, 11) is 5.87. The van der Waals surface area contributed by atoms with Gasteiger partial charge in [0.15, 0.2) is 0 Å². The van der Waals surface area contributed by atoms with Crippen molar-refractivity contribution in [3.8, 4) is 5.75 Å². The van der Waals surface area contributed by atoms with Crippen LogP contribution in [-0.2, 0) is 4.79 Å². The van der Waals surface area contributed by atoms with E-state index in [2.05, 4.69) is 10.2 Å². The molecular formula is C19H31N3O2S. The quantitative estimate of drug-likeness (QED) is 0.645. The minimum atomic E-state index is 0.0358. The van der Waals surface area contributed by atoms with Gasteiger partial charge in [-0.05, 0) is 52.4 Å². The Kier molecular flexibility index (Phi) is 9.45. The molecule has 1 atom stereocenters. The lowest BCUT2D eigenvalue weighted by atomic mass is 10.2. The van der Waals surface area contributed by atoms with Crippen molar-refractivity contribution in [2.24, 2.45) is 0 Å². The molecule has 140 valence electrons. The molecule has 0 aliphatic rings. The molecule has 25 heavy (non-hydrogen) atoms. The van der Waals surface area contributed by atoms with Crippen molar-refractivity contribution in [3.63, 3.8) is 0 Å².